The Bertz CT molecular complexity index is 2010. The molecule has 14 heteroatoms. The number of nitrogens with one attached hydrogen (secondary N) is 1. The molecule has 5 atom stereocenters. The van der Waals surface area contributed by atoms with Crippen LogP contribution in [0.4, 0.5) is 0 Å². The number of ether oxygens (including phenoxy) is 3. The molecule has 2 amide bonds. The second-order valence-corrected chi connectivity index (χ2v) is 19.4. The van der Waals surface area contributed by atoms with Crippen molar-refractivity contribution in [2.24, 2.45) is 22.7 Å². The van der Waals surface area contributed by atoms with Crippen molar-refractivity contribution >= 4 is 50.1 Å². The molecular formula is C42H55N3O10S. The molecule has 0 spiro atoms. The Kier molecular flexibility index (Phi) is 12.5. The van der Waals surface area contributed by atoms with Gasteiger partial charge in [-0.15, -0.1) is 6.58 Å². The Morgan fingerprint density at radius 3 is 2.41 bits per heavy atom. The van der Waals surface area contributed by atoms with E-state index >= 15 is 0 Å². The minimum absolute atomic E-state index is 0.0188. The molecule has 13 nitrogen and oxygen atoms in total. The first kappa shape index (κ1) is 42.6. The van der Waals surface area contributed by atoms with E-state index in [-0.39, 0.29) is 62.1 Å². The number of benzene rings is 1. The number of esters is 1. The molecule has 3 fully saturated rings. The number of aromatic nitrogens is 1. The maximum absolute atomic E-state index is 14.7. The van der Waals surface area contributed by atoms with Crippen LogP contribution in [-0.4, -0.2) is 84.3 Å². The largest absolute Gasteiger partial charge is 0.497 e. The van der Waals surface area contributed by atoms with E-state index in [0.29, 0.717) is 24.0 Å². The van der Waals surface area contributed by atoms with Crippen molar-refractivity contribution in [1.29, 1.82) is 0 Å². The van der Waals surface area contributed by atoms with E-state index in [0.717, 1.165) is 5.39 Å². The lowest BCUT2D eigenvalue weighted by molar-refractivity contribution is -0.159. The van der Waals surface area contributed by atoms with Crippen LogP contribution in [0.15, 0.2) is 55.3 Å². The number of fused-ring (bicyclic) bond motifs is 1. The minimum atomic E-state index is -3.89. The summed E-state index contributed by atoms with van der Waals surface area (Å²) < 4.78 is 45.1. The van der Waals surface area contributed by atoms with Crippen LogP contribution in [0.25, 0.3) is 10.8 Å². The number of likely N-dealkylation sites (tertiary alicyclic amines) is 1. The van der Waals surface area contributed by atoms with Gasteiger partial charge in [-0.1, -0.05) is 32.9 Å². The number of ketones is 2. The van der Waals surface area contributed by atoms with E-state index in [1.54, 1.807) is 64.4 Å². The number of rotatable bonds is 17. The predicted molar refractivity (Wildman–Crippen MR) is 210 cm³/mol. The second kappa shape index (κ2) is 16.5. The van der Waals surface area contributed by atoms with Gasteiger partial charge in [0.2, 0.25) is 27.7 Å². The minimum Gasteiger partial charge on any atom is -0.497 e. The summed E-state index contributed by atoms with van der Waals surface area (Å²) in [5, 5.41) is 0.848. The van der Waals surface area contributed by atoms with Crippen LogP contribution >= 0.6 is 0 Å². The molecular weight excluding hydrogens is 739 g/mol. The summed E-state index contributed by atoms with van der Waals surface area (Å²) in [5.41, 5.74) is -2.41. The Labute approximate surface area is 329 Å². The van der Waals surface area contributed by atoms with Crippen molar-refractivity contribution in [3.8, 4) is 11.6 Å². The van der Waals surface area contributed by atoms with Gasteiger partial charge in [-0.05, 0) is 93.5 Å². The zero-order chi connectivity index (χ0) is 41.2. The third-order valence-corrected chi connectivity index (χ3v) is 12.2. The van der Waals surface area contributed by atoms with Crippen molar-refractivity contribution in [3.63, 3.8) is 0 Å². The van der Waals surface area contributed by atoms with Crippen LogP contribution in [0.5, 0.6) is 11.6 Å². The van der Waals surface area contributed by atoms with Crippen LogP contribution in [0, 0.1) is 22.7 Å². The van der Waals surface area contributed by atoms with Gasteiger partial charge in [0.15, 0.2) is 11.6 Å². The third-order valence-electron chi connectivity index (χ3n) is 10.4. The van der Waals surface area contributed by atoms with Gasteiger partial charge in [0.25, 0.3) is 0 Å². The van der Waals surface area contributed by atoms with Gasteiger partial charge in [0.05, 0.1) is 36.8 Å². The van der Waals surface area contributed by atoms with Crippen molar-refractivity contribution in [1.82, 2.24) is 14.6 Å². The summed E-state index contributed by atoms with van der Waals surface area (Å²) >= 11 is 0. The molecule has 2 saturated carbocycles. The highest BCUT2D eigenvalue weighted by molar-refractivity contribution is 7.90. The molecule has 0 bridgehead atoms. The normalized spacial score (nSPS) is 23.1. The molecule has 5 rings (SSSR count). The molecule has 1 aromatic heterocycles. The lowest BCUT2D eigenvalue weighted by atomic mass is 9.90. The van der Waals surface area contributed by atoms with E-state index in [1.807, 2.05) is 26.8 Å². The fourth-order valence-electron chi connectivity index (χ4n) is 7.12. The molecule has 1 aromatic carbocycles. The molecule has 304 valence electrons. The van der Waals surface area contributed by atoms with E-state index in [1.165, 1.54) is 11.0 Å². The highest BCUT2D eigenvalue weighted by Gasteiger charge is 2.61. The number of carbonyl (C=O) groups excluding carboxylic acids is 5. The van der Waals surface area contributed by atoms with Crippen LogP contribution < -0.4 is 14.2 Å². The fraction of sp³-hybridized carbons (Fsp3) is 0.571. The number of Topliss-reactive ketones (excluding diaryl/α,β-unsaturated/α-hetero) is 1. The van der Waals surface area contributed by atoms with Gasteiger partial charge in [0.1, 0.15) is 17.5 Å². The topological polar surface area (TPSA) is 175 Å². The first-order chi connectivity index (χ1) is 26.1. The molecule has 56 heavy (non-hydrogen) atoms. The fourth-order valence-corrected chi connectivity index (χ4v) is 8.51. The Balaban J connectivity index is 1.45. The van der Waals surface area contributed by atoms with E-state index in [9.17, 15) is 32.4 Å². The SMILES string of the molecule is C=C[C@@H]1C[C@]1(CC(=O)[C@@H]1C[C@@H](Oc2nccc3cc(OC)ccc23)CN1C(=O)[C@H](CCC(=O)/C=C/C(C)(C)C)CC(=O)OC(C)(C)C)C(=O)NS(=O)(=O)C1CC1. The highest BCUT2D eigenvalue weighted by Crippen LogP contribution is 2.57. The molecule has 0 radical (unpaired) electrons. The number of sulfonamides is 1. The van der Waals surface area contributed by atoms with Crippen LogP contribution in [-0.2, 0) is 38.7 Å². The number of amides is 2. The summed E-state index contributed by atoms with van der Waals surface area (Å²) in [4.78, 5) is 74.7. The molecule has 3 aliphatic rings. The monoisotopic (exact) mass is 793 g/mol. The summed E-state index contributed by atoms with van der Waals surface area (Å²) in [5.74, 6) is -3.12. The van der Waals surface area contributed by atoms with Crippen molar-refractivity contribution < 1.29 is 46.6 Å². The standard InChI is InChI=1S/C42H55N3O10S/c1-9-28-23-42(28,39(50)44-56(51,52)32-13-14-32)24-35(47)34-22-31(54-37-33-15-12-30(53-8)20-26(33)17-19-43-37)25-45(34)38(49)27(21-36(48)55-41(5,6)7)10-11-29(46)16-18-40(2,3)4/h9,12,15-20,27-28,31-32,34H,1,10-11,13-14,21-25H2,2-8H3,(H,44,50)/b18-16+/t27-,28-,31-,34+,42-/m1/s1. The molecule has 1 N–H and O–H groups in total. The van der Waals surface area contributed by atoms with Crippen molar-refractivity contribution in [2.75, 3.05) is 13.7 Å². The van der Waals surface area contributed by atoms with Crippen LogP contribution in [0.3, 0.4) is 0 Å². The number of hydrogen-bond donors (Lipinski definition) is 1. The lowest BCUT2D eigenvalue weighted by Crippen LogP contribution is -2.46. The Hall–Kier alpha value is -4.59. The van der Waals surface area contributed by atoms with Gasteiger partial charge in [-0.2, -0.15) is 0 Å². The van der Waals surface area contributed by atoms with Crippen molar-refractivity contribution in [2.45, 2.75) is 116 Å². The number of hydrogen-bond acceptors (Lipinski definition) is 11. The highest BCUT2D eigenvalue weighted by atomic mass is 32.2. The van der Waals surface area contributed by atoms with Gasteiger partial charge in [-0.25, -0.2) is 13.4 Å². The van der Waals surface area contributed by atoms with Crippen molar-refractivity contribution in [3.05, 3.63) is 55.3 Å². The molecule has 1 aliphatic heterocycles. The van der Waals surface area contributed by atoms with Gasteiger partial charge < -0.3 is 19.1 Å². The van der Waals surface area contributed by atoms with Gasteiger partial charge >= 0.3 is 5.97 Å². The summed E-state index contributed by atoms with van der Waals surface area (Å²) in [7, 11) is -2.32. The zero-order valence-electron chi connectivity index (χ0n) is 33.5. The summed E-state index contributed by atoms with van der Waals surface area (Å²) in [6.07, 6.45) is 6.19. The second-order valence-electron chi connectivity index (χ2n) is 17.4. The quantitative estimate of drug-likeness (QED) is 0.119. The number of methoxy groups -OCH3 is 1. The number of allylic oxidation sites excluding steroid dienone is 3. The molecule has 1 saturated heterocycles. The number of nitrogens with zero attached hydrogens (tertiary/aromatic N) is 2. The number of pyridine rings is 1. The van der Waals surface area contributed by atoms with E-state index in [2.05, 4.69) is 16.3 Å². The van der Waals surface area contributed by atoms with Gasteiger partial charge in [-0.3, -0.25) is 28.7 Å². The van der Waals surface area contributed by atoms with Crippen LogP contribution in [0.2, 0.25) is 0 Å². The lowest BCUT2D eigenvalue weighted by Gasteiger charge is -2.29. The van der Waals surface area contributed by atoms with E-state index in [4.69, 9.17) is 14.2 Å². The van der Waals surface area contributed by atoms with E-state index < -0.39 is 73.8 Å². The summed E-state index contributed by atoms with van der Waals surface area (Å²) in [6, 6.07) is 6.13. The first-order valence-corrected chi connectivity index (χ1v) is 20.7. The molecule has 2 heterocycles. The summed E-state index contributed by atoms with van der Waals surface area (Å²) in [6.45, 7) is 14.8. The maximum atomic E-state index is 14.7. The Morgan fingerprint density at radius 1 is 1.09 bits per heavy atom. The molecule has 2 aromatic rings. The maximum Gasteiger partial charge on any atom is 0.307 e. The number of carbonyl (C=O) groups is 5. The Morgan fingerprint density at radius 2 is 1.80 bits per heavy atom. The third kappa shape index (κ3) is 10.6. The average Bonchev–Trinajstić information content (AvgIpc) is 4.04. The van der Waals surface area contributed by atoms with Gasteiger partial charge in [0, 0.05) is 36.8 Å². The predicted octanol–water partition coefficient (Wildman–Crippen LogP) is 5.65. The first-order valence-electron chi connectivity index (χ1n) is 19.2. The zero-order valence-corrected chi connectivity index (χ0v) is 34.3. The smallest absolute Gasteiger partial charge is 0.307 e. The molecule has 0 unspecified atom stereocenters. The molecule has 2 aliphatic carbocycles. The van der Waals surface area contributed by atoms with Crippen LogP contribution in [0.1, 0.15) is 92.9 Å². The average molecular weight is 794 g/mol.